The minimum absolute atomic E-state index is 0.0125. The number of aromatic nitrogens is 3. The summed E-state index contributed by atoms with van der Waals surface area (Å²) in [6.07, 6.45) is 1.27. The number of nitrogens with one attached hydrogen (secondary N) is 1. The van der Waals surface area contributed by atoms with Crippen LogP contribution in [0.25, 0.3) is 22.2 Å². The number of nitrogens with two attached hydrogens (primary N) is 1. The van der Waals surface area contributed by atoms with E-state index in [-0.39, 0.29) is 70.9 Å². The lowest BCUT2D eigenvalue weighted by atomic mass is 9.96. The summed E-state index contributed by atoms with van der Waals surface area (Å²) in [6, 6.07) is 2.81. The third kappa shape index (κ3) is 5.23. The zero-order valence-electron chi connectivity index (χ0n) is 25.3. The number of nitrogens with zero attached hydrogens (tertiary/aromatic N) is 5. The first-order valence-electron chi connectivity index (χ1n) is 15.6. The van der Waals surface area contributed by atoms with Crippen LogP contribution in [0.1, 0.15) is 50.2 Å². The molecule has 4 aliphatic rings. The Morgan fingerprint density at radius 2 is 2.02 bits per heavy atom. The lowest BCUT2D eigenvalue weighted by Gasteiger charge is -2.43. The van der Waals surface area contributed by atoms with Crippen LogP contribution in [0.2, 0.25) is 0 Å². The summed E-state index contributed by atoms with van der Waals surface area (Å²) in [5.41, 5.74) is 3.69. The Kier molecular flexibility index (Phi) is 7.51. The van der Waals surface area contributed by atoms with Crippen molar-refractivity contribution >= 4 is 22.4 Å². The van der Waals surface area contributed by atoms with Crippen LogP contribution in [0.4, 0.5) is 29.1 Å². The lowest BCUT2D eigenvalue weighted by molar-refractivity contribution is -0.137. The van der Waals surface area contributed by atoms with E-state index in [1.807, 2.05) is 13.0 Å². The number of likely N-dealkylation sites (tertiary alicyclic amines) is 1. The maximum absolute atomic E-state index is 16.8. The number of anilines is 2. The number of alkyl halides is 3. The van der Waals surface area contributed by atoms with Crippen molar-refractivity contribution in [1.29, 1.82) is 0 Å². The SMILES string of the molecule is C=CCN1CCC[C@H]1[C@H](C)Oc1nc2c3c(nc(-c4cc(N)cc(C)c4C(F)(F)F)c(F)c3n1)OCC[C@@H]1[C@@H]3CC[C@H](CN21)N3. The maximum atomic E-state index is 16.8. The quantitative estimate of drug-likeness (QED) is 0.216. The molecule has 240 valence electrons. The summed E-state index contributed by atoms with van der Waals surface area (Å²) >= 11 is 0. The molecule has 3 aromatic rings. The van der Waals surface area contributed by atoms with Crippen LogP contribution < -0.4 is 25.4 Å². The predicted molar refractivity (Wildman–Crippen MR) is 163 cm³/mol. The zero-order valence-corrected chi connectivity index (χ0v) is 25.3. The standard InChI is InChI=1S/C32H37F4N7O2/c1-4-10-42-11-5-6-22(42)17(3)45-31-40-28-24-29(41-31)43-15-19-7-8-21(38-19)23(43)9-12-44-30(24)39-27(26(28)33)20-14-18(37)13-16(2)25(20)32(34,35)36/h4,13-14,17,19,21-23,38H,1,5-12,15,37H2,2-3H3/t17-,19+,21-,22-,23+/m0/s1. The van der Waals surface area contributed by atoms with Crippen molar-refractivity contribution in [3.8, 4) is 23.1 Å². The number of hydrogen-bond donors (Lipinski definition) is 2. The molecule has 0 spiro atoms. The van der Waals surface area contributed by atoms with Crippen LogP contribution in [0.5, 0.6) is 11.9 Å². The molecule has 3 N–H and O–H groups in total. The average molecular weight is 628 g/mol. The fourth-order valence-electron chi connectivity index (χ4n) is 7.81. The molecule has 2 bridgehead atoms. The molecule has 13 heteroatoms. The van der Waals surface area contributed by atoms with Gasteiger partial charge in [0.1, 0.15) is 28.5 Å². The molecule has 5 atom stereocenters. The molecular formula is C32H37F4N7O2. The van der Waals surface area contributed by atoms with E-state index in [1.165, 1.54) is 13.0 Å². The van der Waals surface area contributed by atoms with Gasteiger partial charge in [-0.3, -0.25) is 4.90 Å². The number of aryl methyl sites for hydroxylation is 1. The van der Waals surface area contributed by atoms with Gasteiger partial charge >= 0.3 is 12.2 Å². The van der Waals surface area contributed by atoms with Gasteiger partial charge < -0.3 is 25.4 Å². The van der Waals surface area contributed by atoms with Crippen LogP contribution in [-0.4, -0.2) is 76.4 Å². The second-order valence-corrected chi connectivity index (χ2v) is 12.6. The first-order chi connectivity index (χ1) is 21.5. The van der Waals surface area contributed by atoms with E-state index < -0.39 is 28.8 Å². The third-order valence-corrected chi connectivity index (χ3v) is 9.70. The topological polar surface area (TPSA) is 102 Å². The largest absolute Gasteiger partial charge is 0.477 e. The number of ether oxygens (including phenoxy) is 2. The Morgan fingerprint density at radius 1 is 1.20 bits per heavy atom. The highest BCUT2D eigenvalue weighted by Gasteiger charge is 2.44. The molecule has 2 aromatic heterocycles. The molecule has 7 rings (SSSR count). The van der Waals surface area contributed by atoms with Gasteiger partial charge in [-0.1, -0.05) is 6.08 Å². The summed E-state index contributed by atoms with van der Waals surface area (Å²) in [5, 5.41) is 3.90. The van der Waals surface area contributed by atoms with Gasteiger partial charge in [0.2, 0.25) is 5.88 Å². The van der Waals surface area contributed by atoms with Gasteiger partial charge in [-0.05, 0) is 63.8 Å². The second kappa shape index (κ2) is 11.3. The zero-order chi connectivity index (χ0) is 31.6. The van der Waals surface area contributed by atoms with E-state index in [9.17, 15) is 13.2 Å². The molecule has 45 heavy (non-hydrogen) atoms. The van der Waals surface area contributed by atoms with E-state index in [1.54, 1.807) is 0 Å². The fraction of sp³-hybridized carbons (Fsp3) is 0.531. The van der Waals surface area contributed by atoms with Crippen LogP contribution in [0.3, 0.4) is 0 Å². The second-order valence-electron chi connectivity index (χ2n) is 12.6. The number of pyridine rings is 1. The molecule has 3 fully saturated rings. The van der Waals surface area contributed by atoms with E-state index in [2.05, 4.69) is 31.7 Å². The van der Waals surface area contributed by atoms with Crippen molar-refractivity contribution in [3.63, 3.8) is 0 Å². The summed E-state index contributed by atoms with van der Waals surface area (Å²) in [4.78, 5) is 18.2. The van der Waals surface area contributed by atoms with Crippen LogP contribution in [0.15, 0.2) is 24.8 Å². The highest BCUT2D eigenvalue weighted by atomic mass is 19.4. The smallest absolute Gasteiger partial charge is 0.417 e. The summed E-state index contributed by atoms with van der Waals surface area (Å²) in [7, 11) is 0. The number of hydrogen-bond acceptors (Lipinski definition) is 9. The molecule has 0 amide bonds. The molecular weight excluding hydrogens is 590 g/mol. The molecule has 0 aliphatic carbocycles. The highest BCUT2D eigenvalue weighted by Crippen LogP contribution is 2.46. The normalized spacial score (nSPS) is 25.4. The molecule has 6 heterocycles. The lowest BCUT2D eigenvalue weighted by Crippen LogP contribution is -2.59. The molecule has 4 aliphatic heterocycles. The Hall–Kier alpha value is -3.71. The van der Waals surface area contributed by atoms with Crippen LogP contribution >= 0.6 is 0 Å². The number of benzene rings is 1. The molecule has 9 nitrogen and oxygen atoms in total. The molecule has 1 aromatic carbocycles. The van der Waals surface area contributed by atoms with Crippen molar-refractivity contribution in [2.75, 3.05) is 36.9 Å². The maximum Gasteiger partial charge on any atom is 0.417 e. The van der Waals surface area contributed by atoms with Crippen molar-refractivity contribution in [2.45, 2.75) is 82.4 Å². The van der Waals surface area contributed by atoms with Crippen molar-refractivity contribution in [1.82, 2.24) is 25.2 Å². The van der Waals surface area contributed by atoms with Crippen LogP contribution in [0, 0.1) is 12.7 Å². The average Bonchev–Trinajstić information content (AvgIpc) is 3.60. The summed E-state index contributed by atoms with van der Waals surface area (Å²) in [6.45, 7) is 9.59. The summed E-state index contributed by atoms with van der Waals surface area (Å²) < 4.78 is 72.4. The van der Waals surface area contributed by atoms with E-state index in [0.29, 0.717) is 25.3 Å². The number of rotatable bonds is 6. The van der Waals surface area contributed by atoms with E-state index in [0.717, 1.165) is 38.3 Å². The van der Waals surface area contributed by atoms with Crippen molar-refractivity contribution < 1.29 is 27.0 Å². The van der Waals surface area contributed by atoms with Crippen molar-refractivity contribution in [3.05, 3.63) is 41.7 Å². The Morgan fingerprint density at radius 3 is 2.80 bits per heavy atom. The first kappa shape index (κ1) is 30.0. The number of fused-ring (bicyclic) bond motifs is 5. The molecule has 0 unspecified atom stereocenters. The summed E-state index contributed by atoms with van der Waals surface area (Å²) in [5.74, 6) is -0.604. The van der Waals surface area contributed by atoms with Gasteiger partial charge in [0.05, 0.1) is 12.2 Å². The third-order valence-electron chi connectivity index (χ3n) is 9.70. The van der Waals surface area contributed by atoms with Gasteiger partial charge in [0, 0.05) is 54.9 Å². The van der Waals surface area contributed by atoms with Gasteiger partial charge in [-0.15, -0.1) is 6.58 Å². The monoisotopic (exact) mass is 627 g/mol. The van der Waals surface area contributed by atoms with Gasteiger partial charge in [0.15, 0.2) is 5.82 Å². The van der Waals surface area contributed by atoms with Gasteiger partial charge in [-0.2, -0.15) is 23.1 Å². The minimum atomic E-state index is -4.78. The molecule has 0 radical (unpaired) electrons. The first-order valence-corrected chi connectivity index (χ1v) is 15.6. The molecule has 0 saturated carbocycles. The van der Waals surface area contributed by atoms with Crippen molar-refractivity contribution in [2.24, 2.45) is 0 Å². The predicted octanol–water partition coefficient (Wildman–Crippen LogP) is 5.25. The number of piperazine rings is 1. The molecule has 3 saturated heterocycles. The Labute approximate surface area is 258 Å². The number of nitrogen functional groups attached to an aromatic ring is 1. The van der Waals surface area contributed by atoms with Gasteiger partial charge in [0.25, 0.3) is 0 Å². The van der Waals surface area contributed by atoms with E-state index in [4.69, 9.17) is 20.2 Å². The Bertz CT molecular complexity index is 1650. The van der Waals surface area contributed by atoms with E-state index >= 15 is 4.39 Å². The Balaban J connectivity index is 1.43. The fourth-order valence-corrected chi connectivity index (χ4v) is 7.81. The minimum Gasteiger partial charge on any atom is -0.477 e. The van der Waals surface area contributed by atoms with Crippen LogP contribution in [-0.2, 0) is 6.18 Å². The number of halogens is 4. The highest BCUT2D eigenvalue weighted by molar-refractivity contribution is 5.97. The van der Waals surface area contributed by atoms with Gasteiger partial charge in [-0.25, -0.2) is 9.37 Å².